The van der Waals surface area contributed by atoms with Gasteiger partial charge in [0.15, 0.2) is 0 Å². The van der Waals surface area contributed by atoms with Gasteiger partial charge >= 0.3 is 0 Å². The lowest BCUT2D eigenvalue weighted by Gasteiger charge is -2.14. The minimum absolute atomic E-state index is 0.480. The fourth-order valence-corrected chi connectivity index (χ4v) is 5.05. The van der Waals surface area contributed by atoms with Crippen LogP contribution in [0.4, 0.5) is 0 Å². The smallest absolute Gasteiger partial charge is 0.0652 e. The van der Waals surface area contributed by atoms with Gasteiger partial charge in [-0.25, -0.2) is 0 Å². The van der Waals surface area contributed by atoms with Crippen molar-refractivity contribution in [2.45, 2.75) is 0 Å². The highest BCUT2D eigenvalue weighted by Gasteiger charge is 2.17. The van der Waals surface area contributed by atoms with E-state index < -0.39 is 246 Å². The molecule has 2 heteroatoms. The van der Waals surface area contributed by atoms with E-state index in [-0.39, 0.29) is 0 Å². The van der Waals surface area contributed by atoms with Crippen molar-refractivity contribution in [1.29, 1.82) is 0 Å². The predicted molar refractivity (Wildman–Crippen MR) is 186 cm³/mol. The van der Waals surface area contributed by atoms with Crippen LogP contribution >= 0.6 is 0 Å². The van der Waals surface area contributed by atoms with Gasteiger partial charge in [0, 0.05) is 32.9 Å². The third-order valence-corrected chi connectivity index (χ3v) is 6.86. The summed E-state index contributed by atoms with van der Waals surface area (Å²) >= 11 is 0. The average molecular weight is 589 g/mol. The third-order valence-electron chi connectivity index (χ3n) is 6.86. The Hall–Kier alpha value is -5.86. The first kappa shape index (κ1) is 9.57. The van der Waals surface area contributed by atoms with Gasteiger partial charge in [0.25, 0.3) is 0 Å². The molecule has 2 heterocycles. The monoisotopic (exact) mass is 588 g/mol. The fourth-order valence-electron chi connectivity index (χ4n) is 5.05. The summed E-state index contributed by atoms with van der Waals surface area (Å²) in [5.41, 5.74) is -8.09. The van der Waals surface area contributed by atoms with E-state index in [1.54, 1.807) is 0 Å². The zero-order valence-corrected chi connectivity index (χ0v) is 21.9. The van der Waals surface area contributed by atoms with Crippen LogP contribution in [0.3, 0.4) is 0 Å². The molecule has 0 amide bonds. The number of hydrogen-bond donors (Lipinski definition) is 0. The van der Waals surface area contributed by atoms with Crippen LogP contribution in [0.1, 0.15) is 38.4 Å². The summed E-state index contributed by atoms with van der Waals surface area (Å²) in [6.07, 6.45) is 0. The molecule has 0 radical (unpaired) electrons. The van der Waals surface area contributed by atoms with Crippen LogP contribution in [0.2, 0.25) is 0 Å². The summed E-state index contributed by atoms with van der Waals surface area (Å²) in [5, 5.41) is -2.31. The molecular weight excluding hydrogens is 532 g/mol. The SMILES string of the molecule is [2H]c1c([2H])c([2H])c(-c2c([2H])c(-c3c([2H])c([2H])c([2H])c([2H])c3[2H])c([2H])c(-n3c4c([2H])c([2H])c([2H])c([2H])c4c4c([2H])c(-n5c6c([2H])c([2H])c([2H])c([2H])c6c6c([2H])c([2H])c([2H])c([2H])c65)c([2H])c([2H])c43)c2[2H])c([2H])c1[2H]. The Labute approximate surface area is 295 Å². The van der Waals surface area contributed by atoms with Crippen LogP contribution in [0, 0.1) is 0 Å². The maximum absolute atomic E-state index is 9.92. The molecule has 0 fully saturated rings. The molecule has 7 aromatic carbocycles. The highest BCUT2D eigenvalue weighted by atomic mass is 15.0. The maximum atomic E-state index is 9.92. The van der Waals surface area contributed by atoms with E-state index in [4.69, 9.17) is 27.4 Å². The van der Waals surface area contributed by atoms with Crippen molar-refractivity contribution >= 4 is 43.6 Å². The van der Waals surface area contributed by atoms with E-state index in [0.717, 1.165) is 4.57 Å². The Morgan fingerprint density at radius 2 is 0.705 bits per heavy atom. The van der Waals surface area contributed by atoms with Crippen molar-refractivity contribution in [3.05, 3.63) is 169 Å². The summed E-state index contributed by atoms with van der Waals surface area (Å²) < 4.78 is 251. The second-order valence-electron chi connectivity index (χ2n) is 9.26. The molecule has 0 N–H and O–H groups in total. The average Bonchev–Trinajstić information content (AvgIpc) is 3.89. The number of para-hydroxylation sites is 3. The molecule has 2 aromatic heterocycles. The zero-order chi connectivity index (χ0) is 53.4. The molecule has 0 atom stereocenters. The fraction of sp³-hybridized carbons (Fsp3) is 0. The summed E-state index contributed by atoms with van der Waals surface area (Å²) in [7, 11) is 0. The zero-order valence-electron chi connectivity index (χ0n) is 49.9. The number of hydrogen-bond acceptors (Lipinski definition) is 0. The minimum Gasteiger partial charge on any atom is -0.309 e. The normalized spacial score (nSPS) is 20.5. The summed E-state index contributed by atoms with van der Waals surface area (Å²) in [6, 6.07) is -26.8. The maximum Gasteiger partial charge on any atom is 0.0652 e. The highest BCUT2D eigenvalue weighted by molar-refractivity contribution is 6.12. The van der Waals surface area contributed by atoms with E-state index in [2.05, 4.69) is 0 Å². The molecule has 9 rings (SSSR count). The number of fused-ring (bicyclic) bond motifs is 6. The van der Waals surface area contributed by atoms with Crippen LogP contribution in [0.5, 0.6) is 0 Å². The van der Waals surface area contributed by atoms with Gasteiger partial charge in [0.1, 0.15) is 0 Å². The Kier molecular flexibility index (Phi) is 2.14. The Morgan fingerprint density at radius 3 is 1.23 bits per heavy atom. The van der Waals surface area contributed by atoms with Gasteiger partial charge in [-0.15, -0.1) is 0 Å². The first-order valence-electron chi connectivity index (χ1n) is 26.8. The van der Waals surface area contributed by atoms with Crippen LogP contribution in [-0.4, -0.2) is 9.13 Å². The Balaban J connectivity index is 1.61. The van der Waals surface area contributed by atoms with E-state index >= 15 is 0 Å². The largest absolute Gasteiger partial charge is 0.309 e. The second kappa shape index (κ2) is 9.86. The van der Waals surface area contributed by atoms with Crippen molar-refractivity contribution in [2.75, 3.05) is 0 Å². The number of rotatable bonds is 4. The van der Waals surface area contributed by atoms with Crippen molar-refractivity contribution in [3.8, 4) is 33.6 Å². The lowest BCUT2D eigenvalue weighted by molar-refractivity contribution is 1.17. The van der Waals surface area contributed by atoms with E-state index in [1.807, 2.05) is 0 Å². The predicted octanol–water partition coefficient (Wildman–Crippen LogP) is 11.2. The van der Waals surface area contributed by atoms with Gasteiger partial charge in [-0.3, -0.25) is 0 Å². The van der Waals surface area contributed by atoms with Crippen molar-refractivity contribution in [2.24, 2.45) is 0 Å². The summed E-state index contributed by atoms with van der Waals surface area (Å²) in [6.45, 7) is 0. The van der Waals surface area contributed by atoms with Crippen LogP contribution < -0.4 is 0 Å². The van der Waals surface area contributed by atoms with E-state index in [0.29, 0.717) is 4.57 Å². The van der Waals surface area contributed by atoms with Gasteiger partial charge < -0.3 is 9.13 Å². The summed E-state index contributed by atoms with van der Waals surface area (Å²) in [4.78, 5) is 0. The molecule has 0 bridgehead atoms. The lowest BCUT2D eigenvalue weighted by atomic mass is 9.98. The molecular formula is C42H28N2. The van der Waals surface area contributed by atoms with Gasteiger partial charge in [-0.1, -0.05) is 115 Å². The van der Waals surface area contributed by atoms with Gasteiger partial charge in [0.2, 0.25) is 0 Å². The molecule has 0 aliphatic carbocycles. The van der Waals surface area contributed by atoms with Gasteiger partial charge in [-0.05, 0) is 76.6 Å². The second-order valence-corrected chi connectivity index (χ2v) is 9.26. The molecule has 0 aliphatic heterocycles. The Bertz CT molecular complexity index is 3840. The minimum atomic E-state index is -1.12. The van der Waals surface area contributed by atoms with Gasteiger partial charge in [-0.2, -0.15) is 0 Å². The molecule has 9 aromatic rings. The van der Waals surface area contributed by atoms with Crippen molar-refractivity contribution in [1.82, 2.24) is 9.13 Å². The lowest BCUT2D eigenvalue weighted by Crippen LogP contribution is -1.97. The Morgan fingerprint density at radius 1 is 0.295 bits per heavy atom. The van der Waals surface area contributed by atoms with E-state index in [1.165, 1.54) is 0 Å². The summed E-state index contributed by atoms with van der Waals surface area (Å²) in [5.74, 6) is 0. The van der Waals surface area contributed by atoms with E-state index in [9.17, 15) is 11.0 Å². The standard InChI is InChI=1S/C42H28N2/c1-3-13-29(14-4-1)31-25-32(30-15-5-2-6-16-30)27-34(26-31)44-41-22-12-9-19-37(41)38-28-33(23-24-42(38)44)43-39-20-10-7-17-35(39)36-18-8-11-21-40(36)43/h1-28H/i1D,2D,3D,4D,5D,6D,7D,8D,9D,10D,11D,12D,13D,14D,15D,16D,17D,18D,19D,20D,21D,22D,23D,24D,25D,26D,27D,28D. The molecule has 0 saturated heterocycles. The molecule has 0 saturated carbocycles. The van der Waals surface area contributed by atoms with Gasteiger partial charge in [0.05, 0.1) is 60.4 Å². The van der Waals surface area contributed by atoms with Crippen LogP contribution in [0.15, 0.2) is 169 Å². The first-order valence-corrected chi connectivity index (χ1v) is 12.8. The van der Waals surface area contributed by atoms with Crippen molar-refractivity contribution < 1.29 is 38.4 Å². The molecule has 0 unspecified atom stereocenters. The molecule has 44 heavy (non-hydrogen) atoms. The first-order chi connectivity index (χ1) is 33.5. The number of nitrogens with zero attached hydrogens (tertiary/aromatic N) is 2. The van der Waals surface area contributed by atoms with Crippen LogP contribution in [0.25, 0.3) is 77.2 Å². The van der Waals surface area contributed by atoms with Crippen LogP contribution in [-0.2, 0) is 0 Å². The molecule has 206 valence electrons. The number of benzene rings is 7. The molecule has 0 aliphatic rings. The third kappa shape index (κ3) is 3.82. The molecule has 2 nitrogen and oxygen atoms in total. The quantitative estimate of drug-likeness (QED) is 0.193. The number of aromatic nitrogens is 2. The highest BCUT2D eigenvalue weighted by Crippen LogP contribution is 2.38. The van der Waals surface area contributed by atoms with Crippen molar-refractivity contribution in [3.63, 3.8) is 0 Å². The molecule has 0 spiro atoms. The topological polar surface area (TPSA) is 9.86 Å².